The van der Waals surface area contributed by atoms with Crippen LogP contribution in [0.15, 0.2) is 28.7 Å². The fourth-order valence-corrected chi connectivity index (χ4v) is 3.26. The third-order valence-electron chi connectivity index (χ3n) is 4.03. The highest BCUT2D eigenvalue weighted by Crippen LogP contribution is 2.30. The first-order valence-corrected chi connectivity index (χ1v) is 7.44. The van der Waals surface area contributed by atoms with Crippen LogP contribution < -0.4 is 5.73 Å². The van der Waals surface area contributed by atoms with Gasteiger partial charge in [-0.15, -0.1) is 0 Å². The Morgan fingerprint density at radius 1 is 1.29 bits per heavy atom. The largest absolute Gasteiger partial charge is 0.327 e. The van der Waals surface area contributed by atoms with Crippen molar-refractivity contribution in [1.82, 2.24) is 0 Å². The predicted molar refractivity (Wildman–Crippen MR) is 76.9 cm³/mol. The number of benzene rings is 1. The Balaban J connectivity index is 1.90. The molecule has 17 heavy (non-hydrogen) atoms. The van der Waals surface area contributed by atoms with Gasteiger partial charge >= 0.3 is 0 Å². The lowest BCUT2D eigenvalue weighted by Gasteiger charge is -2.30. The van der Waals surface area contributed by atoms with Gasteiger partial charge in [0.2, 0.25) is 0 Å². The monoisotopic (exact) mass is 295 g/mol. The summed E-state index contributed by atoms with van der Waals surface area (Å²) in [5.74, 6) is 1.63. The summed E-state index contributed by atoms with van der Waals surface area (Å²) < 4.78 is 1.15. The second-order valence-electron chi connectivity index (χ2n) is 5.52. The average Bonchev–Trinajstić information content (AvgIpc) is 2.29. The van der Waals surface area contributed by atoms with Gasteiger partial charge in [-0.25, -0.2) is 0 Å². The molecule has 94 valence electrons. The normalized spacial score (nSPS) is 26.8. The molecule has 1 fully saturated rings. The Morgan fingerprint density at radius 2 is 2.00 bits per heavy atom. The highest BCUT2D eigenvalue weighted by atomic mass is 79.9. The molecule has 1 aliphatic carbocycles. The molecule has 0 radical (unpaired) electrons. The minimum atomic E-state index is 0.330. The second kappa shape index (κ2) is 6.01. The Morgan fingerprint density at radius 3 is 2.65 bits per heavy atom. The van der Waals surface area contributed by atoms with Gasteiger partial charge < -0.3 is 5.73 Å². The van der Waals surface area contributed by atoms with Crippen LogP contribution in [0.5, 0.6) is 0 Å². The molecular weight excluding hydrogens is 274 g/mol. The van der Waals surface area contributed by atoms with E-state index in [-0.39, 0.29) is 0 Å². The van der Waals surface area contributed by atoms with E-state index in [1.54, 1.807) is 0 Å². The maximum Gasteiger partial charge on any atom is 0.0178 e. The molecule has 2 heteroatoms. The molecule has 1 aromatic rings. The van der Waals surface area contributed by atoms with Gasteiger partial charge in [0.05, 0.1) is 0 Å². The van der Waals surface area contributed by atoms with E-state index < -0.39 is 0 Å². The van der Waals surface area contributed by atoms with Crippen molar-refractivity contribution in [3.05, 3.63) is 34.3 Å². The number of nitrogens with two attached hydrogens (primary N) is 1. The topological polar surface area (TPSA) is 26.0 Å². The summed E-state index contributed by atoms with van der Waals surface area (Å²) in [6, 6.07) is 8.85. The highest BCUT2D eigenvalue weighted by molar-refractivity contribution is 9.10. The minimum Gasteiger partial charge on any atom is -0.327 e. The average molecular weight is 296 g/mol. The van der Waals surface area contributed by atoms with Crippen molar-refractivity contribution in [2.75, 3.05) is 0 Å². The lowest BCUT2D eigenvalue weighted by molar-refractivity contribution is 0.253. The fraction of sp³-hybridized carbons (Fsp3) is 0.600. The third-order valence-corrected chi connectivity index (χ3v) is 4.52. The van der Waals surface area contributed by atoms with Crippen molar-refractivity contribution < 1.29 is 0 Å². The Hall–Kier alpha value is -0.340. The molecule has 0 bridgehead atoms. The third kappa shape index (κ3) is 3.82. The lowest BCUT2D eigenvalue weighted by Crippen LogP contribution is -2.34. The van der Waals surface area contributed by atoms with Crippen LogP contribution in [-0.4, -0.2) is 6.04 Å². The SMILES string of the molecule is CC1CCC(C(N)Cc2cccc(Br)c2)CC1. The summed E-state index contributed by atoms with van der Waals surface area (Å²) in [7, 11) is 0. The Kier molecular flexibility index (Phi) is 4.63. The summed E-state index contributed by atoms with van der Waals surface area (Å²) in [6.07, 6.45) is 6.36. The van der Waals surface area contributed by atoms with Gasteiger partial charge in [-0.05, 0) is 48.8 Å². The molecule has 1 aromatic carbocycles. The van der Waals surface area contributed by atoms with E-state index >= 15 is 0 Å². The van der Waals surface area contributed by atoms with Gasteiger partial charge in [-0.3, -0.25) is 0 Å². The molecule has 2 rings (SSSR count). The van der Waals surface area contributed by atoms with Gasteiger partial charge in [0, 0.05) is 10.5 Å². The lowest BCUT2D eigenvalue weighted by atomic mass is 9.78. The van der Waals surface area contributed by atoms with Crippen LogP contribution in [0, 0.1) is 11.8 Å². The van der Waals surface area contributed by atoms with E-state index in [4.69, 9.17) is 5.73 Å². The number of hydrogen-bond donors (Lipinski definition) is 1. The number of rotatable bonds is 3. The van der Waals surface area contributed by atoms with Crippen LogP contribution >= 0.6 is 15.9 Å². The highest BCUT2D eigenvalue weighted by Gasteiger charge is 2.23. The van der Waals surface area contributed by atoms with E-state index in [2.05, 4.69) is 47.1 Å². The zero-order valence-electron chi connectivity index (χ0n) is 10.5. The molecule has 0 saturated heterocycles. The Labute approximate surface area is 113 Å². The quantitative estimate of drug-likeness (QED) is 0.891. The molecule has 0 spiro atoms. The summed E-state index contributed by atoms with van der Waals surface area (Å²) in [6.45, 7) is 2.36. The molecule has 0 amide bonds. The molecular formula is C15H22BrN. The second-order valence-corrected chi connectivity index (χ2v) is 6.43. The zero-order valence-corrected chi connectivity index (χ0v) is 12.1. The maximum absolute atomic E-state index is 6.36. The zero-order chi connectivity index (χ0) is 12.3. The van der Waals surface area contributed by atoms with Crippen LogP contribution in [0.3, 0.4) is 0 Å². The van der Waals surface area contributed by atoms with E-state index in [0.717, 1.165) is 22.7 Å². The van der Waals surface area contributed by atoms with Gasteiger partial charge in [0.1, 0.15) is 0 Å². The van der Waals surface area contributed by atoms with Crippen LogP contribution in [0.25, 0.3) is 0 Å². The summed E-state index contributed by atoms with van der Waals surface area (Å²) in [4.78, 5) is 0. The van der Waals surface area contributed by atoms with Gasteiger partial charge in [0.25, 0.3) is 0 Å². The predicted octanol–water partition coefficient (Wildman–Crippen LogP) is 4.15. The van der Waals surface area contributed by atoms with Crippen LogP contribution in [0.4, 0.5) is 0 Å². The smallest absolute Gasteiger partial charge is 0.0178 e. The molecule has 1 atom stereocenters. The van der Waals surface area contributed by atoms with Crippen molar-refractivity contribution in [2.45, 2.75) is 45.1 Å². The summed E-state index contributed by atoms with van der Waals surface area (Å²) in [5.41, 5.74) is 7.71. The first-order valence-electron chi connectivity index (χ1n) is 6.65. The fourth-order valence-electron chi connectivity index (χ4n) is 2.82. The van der Waals surface area contributed by atoms with Crippen molar-refractivity contribution in [1.29, 1.82) is 0 Å². The van der Waals surface area contributed by atoms with Crippen molar-refractivity contribution in [3.63, 3.8) is 0 Å². The van der Waals surface area contributed by atoms with Crippen molar-refractivity contribution in [2.24, 2.45) is 17.6 Å². The maximum atomic E-state index is 6.36. The van der Waals surface area contributed by atoms with Crippen LogP contribution in [-0.2, 0) is 6.42 Å². The molecule has 0 heterocycles. The number of hydrogen-bond acceptors (Lipinski definition) is 1. The Bertz CT molecular complexity index is 356. The van der Waals surface area contributed by atoms with E-state index in [1.165, 1.54) is 31.2 Å². The molecule has 2 N–H and O–H groups in total. The number of halogens is 1. The molecule has 0 aliphatic heterocycles. The summed E-state index contributed by atoms with van der Waals surface area (Å²) >= 11 is 3.52. The van der Waals surface area contributed by atoms with E-state index in [9.17, 15) is 0 Å². The minimum absolute atomic E-state index is 0.330. The van der Waals surface area contributed by atoms with Gasteiger partial charge in [-0.2, -0.15) is 0 Å². The van der Waals surface area contributed by atoms with Crippen LogP contribution in [0.2, 0.25) is 0 Å². The molecule has 1 saturated carbocycles. The van der Waals surface area contributed by atoms with E-state index in [1.807, 2.05) is 0 Å². The van der Waals surface area contributed by atoms with Crippen molar-refractivity contribution in [3.8, 4) is 0 Å². The molecule has 1 unspecified atom stereocenters. The van der Waals surface area contributed by atoms with Gasteiger partial charge in [-0.1, -0.05) is 47.8 Å². The first kappa shape index (κ1) is 13.1. The van der Waals surface area contributed by atoms with E-state index in [0.29, 0.717) is 6.04 Å². The molecule has 1 nitrogen and oxygen atoms in total. The van der Waals surface area contributed by atoms with Gasteiger partial charge in [0.15, 0.2) is 0 Å². The molecule has 1 aliphatic rings. The van der Waals surface area contributed by atoms with Crippen LogP contribution in [0.1, 0.15) is 38.2 Å². The molecule has 0 aromatic heterocycles. The summed E-state index contributed by atoms with van der Waals surface area (Å²) in [5, 5.41) is 0. The first-order chi connectivity index (χ1) is 8.15. The van der Waals surface area contributed by atoms with Crippen molar-refractivity contribution >= 4 is 15.9 Å². The standard InChI is InChI=1S/C15H22BrN/c1-11-5-7-13(8-6-11)15(17)10-12-3-2-4-14(16)9-12/h2-4,9,11,13,15H,5-8,10,17H2,1H3.